The summed E-state index contributed by atoms with van der Waals surface area (Å²) in [6.45, 7) is 1.86. The van der Waals surface area contributed by atoms with Gasteiger partial charge in [-0.2, -0.15) is 6.07 Å². The van der Waals surface area contributed by atoms with Gasteiger partial charge in [0, 0.05) is 56.4 Å². The summed E-state index contributed by atoms with van der Waals surface area (Å²) >= 11 is 0. The fraction of sp³-hybridized carbons (Fsp3) is 0.0833. The van der Waals surface area contributed by atoms with Gasteiger partial charge in [0.1, 0.15) is 0 Å². The quantitative estimate of drug-likeness (QED) is 0.816. The fourth-order valence-corrected chi connectivity index (χ4v) is 1.37. The third-order valence-electron chi connectivity index (χ3n) is 2.27. The number of amides is 1. The van der Waals surface area contributed by atoms with Crippen molar-refractivity contribution in [1.82, 2.24) is 9.55 Å². The van der Waals surface area contributed by atoms with Crippen LogP contribution in [0.1, 0.15) is 15.9 Å². The normalized spacial score (nSPS) is 9.61. The van der Waals surface area contributed by atoms with E-state index in [1.807, 2.05) is 6.92 Å². The van der Waals surface area contributed by atoms with Crippen molar-refractivity contribution in [2.24, 2.45) is 5.73 Å². The smallest absolute Gasteiger partial charge is 0.248 e. The van der Waals surface area contributed by atoms with E-state index in [-0.39, 0.29) is 43.8 Å². The van der Waals surface area contributed by atoms with Gasteiger partial charge >= 0.3 is 0 Å². The molecule has 2 aromatic rings. The molecule has 5 nitrogen and oxygen atoms in total. The van der Waals surface area contributed by atoms with Crippen LogP contribution in [0.15, 0.2) is 35.4 Å². The van der Waals surface area contributed by atoms with Gasteiger partial charge in [0.05, 0.1) is 0 Å². The maximum absolute atomic E-state index is 11.7. The number of aryl methyl sites for hydroxylation is 1. The fourth-order valence-electron chi connectivity index (χ4n) is 1.37. The molecule has 1 amide bonds. The van der Waals surface area contributed by atoms with Gasteiger partial charge in [-0.25, -0.2) is 0 Å². The predicted octanol–water partition coefficient (Wildman–Crippen LogP) is 0.438. The molecule has 0 aromatic carbocycles. The molecular formula is C12H10N3O2Y-. The number of rotatable bonds is 2. The summed E-state index contributed by atoms with van der Waals surface area (Å²) < 4.78 is 1.32. The van der Waals surface area contributed by atoms with Crippen molar-refractivity contribution in [1.29, 1.82) is 0 Å². The van der Waals surface area contributed by atoms with Crippen molar-refractivity contribution in [2.45, 2.75) is 6.92 Å². The number of nitrogens with zero attached hydrogens (tertiary/aromatic N) is 2. The first kappa shape index (κ1) is 14.7. The Morgan fingerprint density at radius 3 is 2.72 bits per heavy atom. The maximum atomic E-state index is 11.7. The van der Waals surface area contributed by atoms with Crippen LogP contribution in [0.5, 0.6) is 0 Å². The van der Waals surface area contributed by atoms with Crippen LogP contribution < -0.4 is 11.3 Å². The number of pyridine rings is 2. The van der Waals surface area contributed by atoms with E-state index >= 15 is 0 Å². The molecule has 0 spiro atoms. The van der Waals surface area contributed by atoms with E-state index in [0.29, 0.717) is 5.82 Å². The molecule has 1 radical (unpaired) electrons. The molecule has 89 valence electrons. The summed E-state index contributed by atoms with van der Waals surface area (Å²) in [5.41, 5.74) is 5.79. The summed E-state index contributed by atoms with van der Waals surface area (Å²) in [5.74, 6) is -0.172. The Morgan fingerprint density at radius 2 is 2.22 bits per heavy atom. The first-order chi connectivity index (χ1) is 8.08. The van der Waals surface area contributed by atoms with Gasteiger partial charge in [-0.1, -0.05) is 13.1 Å². The molecule has 6 heteroatoms. The summed E-state index contributed by atoms with van der Waals surface area (Å²) in [6, 6.07) is 7.22. The van der Waals surface area contributed by atoms with E-state index < -0.39 is 5.91 Å². The Bertz CT molecular complexity index is 620. The van der Waals surface area contributed by atoms with Gasteiger partial charge in [0.25, 0.3) is 0 Å². The third-order valence-corrected chi connectivity index (χ3v) is 2.27. The van der Waals surface area contributed by atoms with Gasteiger partial charge in [-0.05, 0) is 6.07 Å². The molecule has 2 N–H and O–H groups in total. The van der Waals surface area contributed by atoms with Crippen LogP contribution in [-0.4, -0.2) is 15.5 Å². The molecule has 0 saturated carbocycles. The van der Waals surface area contributed by atoms with Crippen molar-refractivity contribution in [3.63, 3.8) is 0 Å². The van der Waals surface area contributed by atoms with Crippen molar-refractivity contribution < 1.29 is 37.5 Å². The van der Waals surface area contributed by atoms with E-state index in [0.717, 1.165) is 5.56 Å². The Labute approximate surface area is 129 Å². The summed E-state index contributed by atoms with van der Waals surface area (Å²) in [7, 11) is 0. The van der Waals surface area contributed by atoms with E-state index in [4.69, 9.17) is 5.73 Å². The van der Waals surface area contributed by atoms with Crippen LogP contribution in [0.3, 0.4) is 0 Å². The molecular weight excluding hydrogens is 307 g/mol. The third kappa shape index (κ3) is 3.12. The summed E-state index contributed by atoms with van der Waals surface area (Å²) in [6.07, 6.45) is 3.08. The zero-order chi connectivity index (χ0) is 12.4. The van der Waals surface area contributed by atoms with Gasteiger partial charge in [-0.15, -0.1) is 11.6 Å². The summed E-state index contributed by atoms with van der Waals surface area (Å²) in [5, 5.41) is 0. The SMILES string of the molecule is Cc1[c-]cc(-n2ccc(C(N)=O)cc2=O)nc1.[Y]. The topological polar surface area (TPSA) is 78.0 Å². The van der Waals surface area contributed by atoms with E-state index in [1.165, 1.54) is 22.9 Å². The van der Waals surface area contributed by atoms with E-state index in [1.54, 1.807) is 12.3 Å². The number of primary amides is 1. The molecule has 0 fully saturated rings. The zero-order valence-electron chi connectivity index (χ0n) is 9.75. The van der Waals surface area contributed by atoms with Crippen LogP contribution in [0.4, 0.5) is 0 Å². The Kier molecular flexibility index (Phi) is 4.93. The van der Waals surface area contributed by atoms with Crippen LogP contribution in [-0.2, 0) is 32.7 Å². The molecule has 18 heavy (non-hydrogen) atoms. The molecule has 0 atom stereocenters. The summed E-state index contributed by atoms with van der Waals surface area (Å²) in [4.78, 5) is 26.7. The maximum Gasteiger partial charge on any atom is 0.248 e. The first-order valence-corrected chi connectivity index (χ1v) is 4.95. The van der Waals surface area contributed by atoms with Gasteiger partial charge < -0.3 is 15.3 Å². The van der Waals surface area contributed by atoms with Gasteiger partial charge in [0.15, 0.2) is 0 Å². The number of aromatic nitrogens is 2. The van der Waals surface area contributed by atoms with Gasteiger partial charge in [0.2, 0.25) is 11.5 Å². The average molecular weight is 317 g/mol. The van der Waals surface area contributed by atoms with Crippen molar-refractivity contribution in [2.75, 3.05) is 0 Å². The molecule has 2 rings (SSSR count). The number of carbonyl (C=O) groups is 1. The minimum atomic E-state index is -0.627. The minimum absolute atomic E-state index is 0. The van der Waals surface area contributed by atoms with Crippen LogP contribution in [0.25, 0.3) is 5.82 Å². The van der Waals surface area contributed by atoms with Crippen LogP contribution in [0.2, 0.25) is 0 Å². The van der Waals surface area contributed by atoms with Crippen LogP contribution in [0, 0.1) is 13.0 Å². The van der Waals surface area contributed by atoms with E-state index in [2.05, 4.69) is 11.1 Å². The number of hydrogen-bond donors (Lipinski definition) is 1. The van der Waals surface area contributed by atoms with Crippen molar-refractivity contribution in [3.05, 3.63) is 58.1 Å². The first-order valence-electron chi connectivity index (χ1n) is 4.95. The Hall–Kier alpha value is -1.33. The van der Waals surface area contributed by atoms with Crippen molar-refractivity contribution in [3.8, 4) is 5.82 Å². The monoisotopic (exact) mass is 317 g/mol. The standard InChI is InChI=1S/C12H10N3O2.Y/c1-8-2-3-10(14-7-8)15-5-4-9(12(13)17)6-11(15)16;/h3-7H,1H3,(H2,13,17);/q-1;. The second-order valence-electron chi connectivity index (χ2n) is 3.58. The molecule has 0 unspecified atom stereocenters. The Balaban J connectivity index is 0.00000162. The second-order valence-corrected chi connectivity index (χ2v) is 3.58. The number of carbonyl (C=O) groups excluding carboxylic acids is 1. The Morgan fingerprint density at radius 1 is 1.50 bits per heavy atom. The minimum Gasteiger partial charge on any atom is -0.367 e. The van der Waals surface area contributed by atoms with Crippen molar-refractivity contribution >= 4 is 5.91 Å². The largest absolute Gasteiger partial charge is 0.367 e. The molecule has 0 saturated heterocycles. The zero-order valence-corrected chi connectivity index (χ0v) is 12.6. The number of hydrogen-bond acceptors (Lipinski definition) is 3. The molecule has 0 aliphatic rings. The molecule has 2 heterocycles. The van der Waals surface area contributed by atoms with Gasteiger partial charge in [-0.3, -0.25) is 9.59 Å². The molecule has 0 bridgehead atoms. The molecule has 0 aliphatic heterocycles. The number of nitrogens with two attached hydrogens (primary N) is 1. The van der Waals surface area contributed by atoms with E-state index in [9.17, 15) is 9.59 Å². The molecule has 2 aromatic heterocycles. The van der Waals surface area contributed by atoms with Crippen LogP contribution >= 0.6 is 0 Å². The molecule has 0 aliphatic carbocycles. The second kappa shape index (κ2) is 6.02. The average Bonchev–Trinajstić information content (AvgIpc) is 2.30. The predicted molar refractivity (Wildman–Crippen MR) is 61.9 cm³/mol.